The normalized spacial score (nSPS) is 14.0. The molecule has 0 unspecified atom stereocenters. The number of hydrogen-bond donors (Lipinski definition) is 1. The third-order valence-corrected chi connectivity index (χ3v) is 6.12. The molecule has 5 rings (SSSR count). The quantitative estimate of drug-likeness (QED) is 0.520. The van der Waals surface area contributed by atoms with Gasteiger partial charge in [-0.1, -0.05) is 23.8 Å². The van der Waals surface area contributed by atoms with Crippen molar-refractivity contribution >= 4 is 34.1 Å². The zero-order valence-electron chi connectivity index (χ0n) is 19.1. The molecule has 8 nitrogen and oxygen atoms in total. The zero-order chi connectivity index (χ0) is 22.9. The molecule has 4 heterocycles. The second-order valence-corrected chi connectivity index (χ2v) is 8.41. The zero-order valence-corrected chi connectivity index (χ0v) is 19.1. The minimum absolute atomic E-state index is 0.0251. The Morgan fingerprint density at radius 1 is 0.970 bits per heavy atom. The van der Waals surface area contributed by atoms with Crippen molar-refractivity contribution in [2.75, 3.05) is 36.4 Å². The van der Waals surface area contributed by atoms with Crippen LogP contribution < -0.4 is 10.2 Å². The van der Waals surface area contributed by atoms with Crippen LogP contribution in [0.5, 0.6) is 0 Å². The van der Waals surface area contributed by atoms with Crippen LogP contribution in [0.3, 0.4) is 0 Å². The Labute approximate surface area is 192 Å². The van der Waals surface area contributed by atoms with E-state index in [0.29, 0.717) is 18.7 Å². The Morgan fingerprint density at radius 3 is 2.42 bits per heavy atom. The highest BCUT2D eigenvalue weighted by Gasteiger charge is 2.27. The number of nitrogens with one attached hydrogen (secondary N) is 1. The highest BCUT2D eigenvalue weighted by atomic mass is 16.2. The summed E-state index contributed by atoms with van der Waals surface area (Å²) in [5.74, 6) is 0.920. The topological polar surface area (TPSA) is 79.2 Å². The summed E-state index contributed by atoms with van der Waals surface area (Å²) in [4.78, 5) is 26.8. The van der Waals surface area contributed by atoms with Crippen molar-refractivity contribution in [3.63, 3.8) is 0 Å². The molecule has 4 aromatic rings. The molecule has 3 aromatic heterocycles. The van der Waals surface area contributed by atoms with E-state index in [1.807, 2.05) is 49.2 Å². The fraction of sp³-hybridized carbons (Fsp3) is 0.280. The maximum absolute atomic E-state index is 13.7. The highest BCUT2D eigenvalue weighted by Crippen LogP contribution is 2.32. The molecular weight excluding hydrogens is 414 g/mol. The van der Waals surface area contributed by atoms with Crippen LogP contribution >= 0.6 is 0 Å². The molecule has 33 heavy (non-hydrogen) atoms. The Balaban J connectivity index is 1.46. The van der Waals surface area contributed by atoms with Gasteiger partial charge in [0.2, 0.25) is 0 Å². The Hall–Kier alpha value is -3.94. The number of pyridine rings is 2. The number of nitrogens with zero attached hydrogens (tertiary/aromatic N) is 6. The molecule has 0 radical (unpaired) electrons. The SMILES string of the molecule is Cc1ccc(Nc2c(C(=O)N3CCN(c4ccccn4)CC3)cnc3c2c(C)nn3C)cc1. The molecule has 1 aromatic carbocycles. The summed E-state index contributed by atoms with van der Waals surface area (Å²) in [5.41, 5.74) is 5.00. The van der Waals surface area contributed by atoms with E-state index in [-0.39, 0.29) is 5.91 Å². The number of aryl methyl sites for hydroxylation is 3. The molecule has 8 heteroatoms. The van der Waals surface area contributed by atoms with E-state index in [2.05, 4.69) is 44.3 Å². The molecule has 0 aliphatic carbocycles. The lowest BCUT2D eigenvalue weighted by Gasteiger charge is -2.35. The van der Waals surface area contributed by atoms with Crippen LogP contribution in [0.4, 0.5) is 17.2 Å². The number of benzene rings is 1. The largest absolute Gasteiger partial charge is 0.354 e. The van der Waals surface area contributed by atoms with E-state index in [9.17, 15) is 4.79 Å². The first-order valence-corrected chi connectivity index (χ1v) is 11.1. The van der Waals surface area contributed by atoms with Gasteiger partial charge in [-0.2, -0.15) is 5.10 Å². The molecule has 0 spiro atoms. The second-order valence-electron chi connectivity index (χ2n) is 8.41. The van der Waals surface area contributed by atoms with Gasteiger partial charge in [0.25, 0.3) is 5.91 Å². The van der Waals surface area contributed by atoms with Crippen LogP contribution in [-0.4, -0.2) is 56.7 Å². The van der Waals surface area contributed by atoms with E-state index in [4.69, 9.17) is 0 Å². The summed E-state index contributed by atoms with van der Waals surface area (Å²) < 4.78 is 1.75. The first-order valence-electron chi connectivity index (χ1n) is 11.1. The van der Waals surface area contributed by atoms with Gasteiger partial charge in [0.1, 0.15) is 5.82 Å². The van der Waals surface area contributed by atoms with E-state index in [1.165, 1.54) is 5.56 Å². The number of carbonyl (C=O) groups is 1. The number of anilines is 3. The van der Waals surface area contributed by atoms with Crippen molar-refractivity contribution in [1.29, 1.82) is 0 Å². The number of fused-ring (bicyclic) bond motifs is 1. The lowest BCUT2D eigenvalue weighted by atomic mass is 10.1. The maximum Gasteiger partial charge on any atom is 0.257 e. The first kappa shape index (κ1) is 20.9. The van der Waals surface area contributed by atoms with Crippen molar-refractivity contribution in [1.82, 2.24) is 24.6 Å². The van der Waals surface area contributed by atoms with Gasteiger partial charge < -0.3 is 15.1 Å². The standard InChI is InChI=1S/C25H27N7O/c1-17-7-9-19(10-8-17)28-23-20(16-27-24-22(23)18(2)29-30(24)3)25(33)32-14-12-31(13-15-32)21-6-4-5-11-26-21/h4-11,16H,12-15H2,1-3H3,(H,27,28). The average molecular weight is 442 g/mol. The number of carbonyl (C=O) groups excluding carboxylic acids is 1. The lowest BCUT2D eigenvalue weighted by molar-refractivity contribution is 0.0747. The van der Waals surface area contributed by atoms with Crippen molar-refractivity contribution in [2.24, 2.45) is 7.05 Å². The van der Waals surface area contributed by atoms with Gasteiger partial charge in [0.05, 0.1) is 22.3 Å². The summed E-state index contributed by atoms with van der Waals surface area (Å²) >= 11 is 0. The third-order valence-electron chi connectivity index (χ3n) is 6.12. The second kappa shape index (κ2) is 8.54. The highest BCUT2D eigenvalue weighted by molar-refractivity contribution is 6.08. The fourth-order valence-electron chi connectivity index (χ4n) is 4.33. The van der Waals surface area contributed by atoms with Gasteiger partial charge in [-0.15, -0.1) is 0 Å². The lowest BCUT2D eigenvalue weighted by Crippen LogP contribution is -2.49. The number of amides is 1. The molecule has 1 fully saturated rings. The monoisotopic (exact) mass is 441 g/mol. The van der Waals surface area contributed by atoms with Gasteiger partial charge in [0, 0.05) is 51.3 Å². The van der Waals surface area contributed by atoms with Crippen molar-refractivity contribution in [3.8, 4) is 0 Å². The summed E-state index contributed by atoms with van der Waals surface area (Å²) in [6.45, 7) is 6.74. The first-order chi connectivity index (χ1) is 16.0. The number of hydrogen-bond acceptors (Lipinski definition) is 6. The molecule has 1 N–H and O–H groups in total. The average Bonchev–Trinajstić information content (AvgIpc) is 3.14. The predicted octanol–water partition coefficient (Wildman–Crippen LogP) is 3.69. The Morgan fingerprint density at radius 2 is 1.73 bits per heavy atom. The van der Waals surface area contributed by atoms with Crippen molar-refractivity contribution in [2.45, 2.75) is 13.8 Å². The minimum Gasteiger partial charge on any atom is -0.354 e. The van der Waals surface area contributed by atoms with Crippen LogP contribution in [0, 0.1) is 13.8 Å². The molecule has 0 saturated carbocycles. The molecule has 168 valence electrons. The van der Waals surface area contributed by atoms with Crippen molar-refractivity contribution < 1.29 is 4.79 Å². The van der Waals surface area contributed by atoms with Gasteiger partial charge in [-0.05, 0) is 38.1 Å². The summed E-state index contributed by atoms with van der Waals surface area (Å²) in [6.07, 6.45) is 3.47. The van der Waals surface area contributed by atoms with Crippen LogP contribution in [-0.2, 0) is 7.05 Å². The van der Waals surface area contributed by atoms with Gasteiger partial charge >= 0.3 is 0 Å². The van der Waals surface area contributed by atoms with E-state index in [1.54, 1.807) is 17.1 Å². The van der Waals surface area contributed by atoms with Crippen LogP contribution in [0.25, 0.3) is 11.0 Å². The summed E-state index contributed by atoms with van der Waals surface area (Å²) in [6, 6.07) is 14.0. The van der Waals surface area contributed by atoms with E-state index >= 15 is 0 Å². The fourth-order valence-corrected chi connectivity index (χ4v) is 4.33. The number of aromatic nitrogens is 4. The molecule has 1 amide bonds. The smallest absolute Gasteiger partial charge is 0.257 e. The number of rotatable bonds is 4. The van der Waals surface area contributed by atoms with Crippen LogP contribution in [0.2, 0.25) is 0 Å². The molecule has 0 atom stereocenters. The predicted molar refractivity (Wildman–Crippen MR) is 130 cm³/mol. The maximum atomic E-state index is 13.7. The van der Waals surface area contributed by atoms with E-state index in [0.717, 1.165) is 47.0 Å². The number of piperazine rings is 1. The molecule has 1 aliphatic rings. The minimum atomic E-state index is -0.0251. The molecule has 1 aliphatic heterocycles. The molecular formula is C25H27N7O. The van der Waals surface area contributed by atoms with Gasteiger partial charge in [-0.3, -0.25) is 9.48 Å². The van der Waals surface area contributed by atoms with Crippen LogP contribution in [0.1, 0.15) is 21.6 Å². The van der Waals surface area contributed by atoms with Gasteiger partial charge in [-0.25, -0.2) is 9.97 Å². The molecule has 0 bridgehead atoms. The third kappa shape index (κ3) is 4.00. The summed E-state index contributed by atoms with van der Waals surface area (Å²) in [7, 11) is 1.87. The Bertz CT molecular complexity index is 1290. The molecule has 1 saturated heterocycles. The van der Waals surface area contributed by atoms with Gasteiger partial charge in [0.15, 0.2) is 5.65 Å². The van der Waals surface area contributed by atoms with Crippen LogP contribution in [0.15, 0.2) is 54.9 Å². The Kier molecular flexibility index (Phi) is 5.42. The van der Waals surface area contributed by atoms with E-state index < -0.39 is 0 Å². The van der Waals surface area contributed by atoms with Crippen molar-refractivity contribution in [3.05, 3.63) is 71.7 Å². The summed E-state index contributed by atoms with van der Waals surface area (Å²) in [5, 5.41) is 8.90.